The lowest BCUT2D eigenvalue weighted by atomic mass is 9.86. The second-order valence-corrected chi connectivity index (χ2v) is 5.85. The third-order valence-corrected chi connectivity index (χ3v) is 4.16. The highest BCUT2D eigenvalue weighted by Gasteiger charge is 2.41. The van der Waals surface area contributed by atoms with Gasteiger partial charge in [0.05, 0.1) is 12.1 Å². The molecular weight excluding hydrogens is 257 g/mol. The Hall–Kier alpha value is -0.780. The summed E-state index contributed by atoms with van der Waals surface area (Å²) in [6, 6.07) is 0. The number of primary amides is 1. The van der Waals surface area contributed by atoms with Crippen LogP contribution in [0.5, 0.6) is 0 Å². The highest BCUT2D eigenvalue weighted by Crippen LogP contribution is 2.34. The second kappa shape index (κ2) is 6.11. The number of alkyl halides is 3. The van der Waals surface area contributed by atoms with Gasteiger partial charge in [-0.05, 0) is 31.1 Å². The molecule has 0 aromatic carbocycles. The van der Waals surface area contributed by atoms with Gasteiger partial charge in [0.1, 0.15) is 0 Å². The Morgan fingerprint density at radius 3 is 2.47 bits per heavy atom. The van der Waals surface area contributed by atoms with Crippen LogP contribution in [0.1, 0.15) is 46.0 Å². The molecule has 112 valence electrons. The molecule has 1 amide bonds. The van der Waals surface area contributed by atoms with E-state index in [-0.39, 0.29) is 0 Å². The highest BCUT2D eigenvalue weighted by atomic mass is 19.4. The first kappa shape index (κ1) is 16.3. The maximum atomic E-state index is 12.3. The minimum absolute atomic E-state index is 0.390. The SMILES string of the molecule is CC(C)C1CCCC(NCC(F)(F)F)(C(N)=O)CC1. The number of rotatable bonds is 4. The zero-order valence-corrected chi connectivity index (χ0v) is 11.5. The van der Waals surface area contributed by atoms with Gasteiger partial charge in [0.25, 0.3) is 0 Å². The molecule has 2 atom stereocenters. The molecule has 0 bridgehead atoms. The van der Waals surface area contributed by atoms with Gasteiger partial charge in [-0.3, -0.25) is 10.1 Å². The van der Waals surface area contributed by atoms with E-state index in [1.54, 1.807) is 0 Å². The predicted molar refractivity (Wildman–Crippen MR) is 67.4 cm³/mol. The molecule has 1 rings (SSSR count). The summed E-state index contributed by atoms with van der Waals surface area (Å²) >= 11 is 0. The topological polar surface area (TPSA) is 55.1 Å². The predicted octanol–water partition coefficient (Wildman–Crippen LogP) is 2.60. The van der Waals surface area contributed by atoms with Crippen LogP contribution in [0, 0.1) is 11.8 Å². The fourth-order valence-corrected chi connectivity index (χ4v) is 2.81. The minimum atomic E-state index is -4.33. The van der Waals surface area contributed by atoms with Gasteiger partial charge in [-0.1, -0.05) is 26.7 Å². The lowest BCUT2D eigenvalue weighted by molar-refractivity contribution is -0.136. The van der Waals surface area contributed by atoms with Crippen molar-refractivity contribution in [3.05, 3.63) is 0 Å². The van der Waals surface area contributed by atoms with Crippen LogP contribution >= 0.6 is 0 Å². The molecule has 2 unspecified atom stereocenters. The van der Waals surface area contributed by atoms with Crippen LogP contribution < -0.4 is 11.1 Å². The van der Waals surface area contributed by atoms with Crippen molar-refractivity contribution in [2.45, 2.75) is 57.7 Å². The van der Waals surface area contributed by atoms with Crippen LogP contribution in [-0.2, 0) is 4.79 Å². The van der Waals surface area contributed by atoms with E-state index in [1.807, 2.05) is 0 Å². The summed E-state index contributed by atoms with van der Waals surface area (Å²) in [6.07, 6.45) is -1.13. The molecular formula is C13H23F3N2O. The van der Waals surface area contributed by atoms with Gasteiger partial charge < -0.3 is 5.73 Å². The van der Waals surface area contributed by atoms with E-state index in [9.17, 15) is 18.0 Å². The fourth-order valence-electron chi connectivity index (χ4n) is 2.81. The Labute approximate surface area is 112 Å². The number of halogens is 3. The zero-order valence-electron chi connectivity index (χ0n) is 11.5. The van der Waals surface area contributed by atoms with Crippen molar-refractivity contribution >= 4 is 5.91 Å². The molecule has 0 saturated heterocycles. The molecule has 1 saturated carbocycles. The molecule has 6 heteroatoms. The third kappa shape index (κ3) is 4.67. The van der Waals surface area contributed by atoms with E-state index >= 15 is 0 Å². The first-order chi connectivity index (χ1) is 8.66. The third-order valence-electron chi connectivity index (χ3n) is 4.16. The molecule has 3 nitrogen and oxygen atoms in total. The van der Waals surface area contributed by atoms with Crippen molar-refractivity contribution in [2.24, 2.45) is 17.6 Å². The van der Waals surface area contributed by atoms with Crippen LogP contribution in [0.3, 0.4) is 0 Å². The summed E-state index contributed by atoms with van der Waals surface area (Å²) in [5.41, 5.74) is 4.16. The Morgan fingerprint density at radius 1 is 1.37 bits per heavy atom. The quantitative estimate of drug-likeness (QED) is 0.778. The van der Waals surface area contributed by atoms with Crippen molar-refractivity contribution in [3.63, 3.8) is 0 Å². The van der Waals surface area contributed by atoms with Crippen LogP contribution in [0.2, 0.25) is 0 Å². The van der Waals surface area contributed by atoms with E-state index in [2.05, 4.69) is 19.2 Å². The summed E-state index contributed by atoms with van der Waals surface area (Å²) in [4.78, 5) is 11.6. The summed E-state index contributed by atoms with van der Waals surface area (Å²) in [6.45, 7) is 3.04. The van der Waals surface area contributed by atoms with Gasteiger partial charge in [-0.25, -0.2) is 0 Å². The molecule has 0 spiro atoms. The summed E-state index contributed by atoms with van der Waals surface area (Å²) in [5.74, 6) is 0.265. The molecule has 0 aliphatic heterocycles. The van der Waals surface area contributed by atoms with Crippen LogP contribution in [0.15, 0.2) is 0 Å². The maximum absolute atomic E-state index is 12.3. The number of carbonyl (C=O) groups is 1. The van der Waals surface area contributed by atoms with E-state index in [0.29, 0.717) is 24.7 Å². The zero-order chi connectivity index (χ0) is 14.7. The average molecular weight is 280 g/mol. The molecule has 1 aliphatic carbocycles. The van der Waals surface area contributed by atoms with E-state index < -0.39 is 24.2 Å². The van der Waals surface area contributed by atoms with Gasteiger partial charge >= 0.3 is 6.18 Å². The summed E-state index contributed by atoms with van der Waals surface area (Å²) < 4.78 is 37.0. The summed E-state index contributed by atoms with van der Waals surface area (Å²) in [7, 11) is 0. The standard InChI is InChI=1S/C13H23F3N2O/c1-9(2)10-4-3-6-12(7-5-10,11(17)19)18-8-13(14,15)16/h9-10,18H,3-8H2,1-2H3,(H2,17,19). The van der Waals surface area contributed by atoms with Gasteiger partial charge in [0, 0.05) is 0 Å². The number of nitrogens with two attached hydrogens (primary N) is 1. The van der Waals surface area contributed by atoms with E-state index in [4.69, 9.17) is 5.73 Å². The molecule has 0 heterocycles. The first-order valence-electron chi connectivity index (χ1n) is 6.78. The Bertz CT molecular complexity index is 318. The van der Waals surface area contributed by atoms with Gasteiger partial charge in [-0.2, -0.15) is 13.2 Å². The normalized spacial score (nSPS) is 29.3. The second-order valence-electron chi connectivity index (χ2n) is 5.85. The highest BCUT2D eigenvalue weighted by molar-refractivity contribution is 5.84. The fraction of sp³-hybridized carbons (Fsp3) is 0.923. The van der Waals surface area contributed by atoms with Gasteiger partial charge in [0.15, 0.2) is 0 Å². The molecule has 3 N–H and O–H groups in total. The Kier molecular flexibility index (Phi) is 5.24. The number of hydrogen-bond donors (Lipinski definition) is 2. The summed E-state index contributed by atoms with van der Waals surface area (Å²) in [5, 5.41) is 2.37. The Balaban J connectivity index is 2.74. The lowest BCUT2D eigenvalue weighted by Crippen LogP contribution is -2.57. The number of hydrogen-bond acceptors (Lipinski definition) is 2. The van der Waals surface area contributed by atoms with Gasteiger partial charge in [-0.15, -0.1) is 0 Å². The number of amides is 1. The molecule has 1 aliphatic rings. The largest absolute Gasteiger partial charge is 0.401 e. The first-order valence-corrected chi connectivity index (χ1v) is 6.78. The molecule has 0 aromatic heterocycles. The molecule has 1 fully saturated rings. The van der Waals surface area contributed by atoms with E-state index in [0.717, 1.165) is 19.3 Å². The monoisotopic (exact) mass is 280 g/mol. The Morgan fingerprint density at radius 2 is 2.00 bits per heavy atom. The van der Waals surface area contributed by atoms with Crippen molar-refractivity contribution in [2.75, 3.05) is 6.54 Å². The van der Waals surface area contributed by atoms with Crippen LogP contribution in [0.4, 0.5) is 13.2 Å². The van der Waals surface area contributed by atoms with Crippen molar-refractivity contribution in [1.29, 1.82) is 0 Å². The van der Waals surface area contributed by atoms with Gasteiger partial charge in [0.2, 0.25) is 5.91 Å². The molecule has 19 heavy (non-hydrogen) atoms. The molecule has 0 radical (unpaired) electrons. The number of nitrogens with one attached hydrogen (secondary N) is 1. The minimum Gasteiger partial charge on any atom is -0.368 e. The van der Waals surface area contributed by atoms with Crippen LogP contribution in [0.25, 0.3) is 0 Å². The maximum Gasteiger partial charge on any atom is 0.401 e. The molecule has 0 aromatic rings. The van der Waals surface area contributed by atoms with E-state index in [1.165, 1.54) is 0 Å². The lowest BCUT2D eigenvalue weighted by Gasteiger charge is -2.31. The van der Waals surface area contributed by atoms with Crippen LogP contribution in [-0.4, -0.2) is 24.2 Å². The van der Waals surface area contributed by atoms with Crippen molar-refractivity contribution in [3.8, 4) is 0 Å². The average Bonchev–Trinajstić information content (AvgIpc) is 2.48. The smallest absolute Gasteiger partial charge is 0.368 e. The number of carbonyl (C=O) groups excluding carboxylic acids is 1. The van der Waals surface area contributed by atoms with Crippen molar-refractivity contribution in [1.82, 2.24) is 5.32 Å². The van der Waals surface area contributed by atoms with Crippen molar-refractivity contribution < 1.29 is 18.0 Å².